The molecule has 3 nitrogen and oxygen atoms in total. The quantitative estimate of drug-likeness (QED) is 0.830. The summed E-state index contributed by atoms with van der Waals surface area (Å²) in [4.78, 5) is 10.9. The average molecular weight is 263 g/mol. The van der Waals surface area contributed by atoms with Crippen molar-refractivity contribution in [2.45, 2.75) is 6.42 Å². The monoisotopic (exact) mass is 262 g/mol. The second-order valence-electron chi connectivity index (χ2n) is 2.64. The minimum atomic E-state index is -0.637. The molecule has 0 heterocycles. The van der Waals surface area contributed by atoms with Crippen LogP contribution in [0.5, 0.6) is 5.75 Å². The molecule has 76 valence electrons. The van der Waals surface area contributed by atoms with Crippen LogP contribution in [0.1, 0.15) is 5.56 Å². The van der Waals surface area contributed by atoms with Gasteiger partial charge in [0.1, 0.15) is 11.6 Å². The largest absolute Gasteiger partial charge is 0.508 e. The van der Waals surface area contributed by atoms with E-state index in [2.05, 4.69) is 20.7 Å². The normalized spacial score (nSPS) is 9.93. The average Bonchev–Trinajstić information content (AvgIpc) is 2.10. The summed E-state index contributed by atoms with van der Waals surface area (Å²) in [6.07, 6.45) is -0.276. The lowest BCUT2D eigenvalue weighted by atomic mass is 10.1. The number of benzene rings is 1. The van der Waals surface area contributed by atoms with E-state index in [1.807, 2.05) is 0 Å². The number of rotatable bonds is 2. The van der Waals surface area contributed by atoms with Gasteiger partial charge >= 0.3 is 5.97 Å². The molecule has 0 saturated heterocycles. The summed E-state index contributed by atoms with van der Waals surface area (Å²) in [5.74, 6) is -1.49. The molecule has 0 bridgehead atoms. The molecule has 0 saturated carbocycles. The third-order valence-corrected chi connectivity index (χ3v) is 2.14. The second-order valence-corrected chi connectivity index (χ2v) is 3.55. The van der Waals surface area contributed by atoms with Gasteiger partial charge in [-0.2, -0.15) is 0 Å². The number of halogens is 2. The fourth-order valence-electron chi connectivity index (χ4n) is 0.981. The van der Waals surface area contributed by atoms with Crippen LogP contribution in [0.3, 0.4) is 0 Å². The molecule has 1 rings (SSSR count). The first-order chi connectivity index (χ1) is 6.54. The smallest absolute Gasteiger partial charge is 0.310 e. The molecule has 5 heteroatoms. The number of hydrogen-bond donors (Lipinski definition) is 1. The van der Waals surface area contributed by atoms with Crippen LogP contribution in [-0.2, 0) is 16.0 Å². The number of phenolic OH excluding ortho intramolecular Hbond substituents is 1. The molecule has 14 heavy (non-hydrogen) atoms. The van der Waals surface area contributed by atoms with E-state index in [0.29, 0.717) is 4.47 Å². The molecule has 1 aromatic rings. The van der Waals surface area contributed by atoms with Crippen LogP contribution >= 0.6 is 15.9 Å². The summed E-state index contributed by atoms with van der Waals surface area (Å²) < 4.78 is 18.0. The standard InChI is InChI=1S/C9H8BrFO3/c1-14-9(13)4-6-7(11)2-5(10)3-8(6)12/h2-3,12H,4H2,1H3. The van der Waals surface area contributed by atoms with Gasteiger partial charge in [-0.1, -0.05) is 15.9 Å². The second kappa shape index (κ2) is 4.41. The van der Waals surface area contributed by atoms with Crippen molar-refractivity contribution in [3.05, 3.63) is 28.0 Å². The van der Waals surface area contributed by atoms with E-state index in [4.69, 9.17) is 0 Å². The summed E-state index contributed by atoms with van der Waals surface area (Å²) in [7, 11) is 1.20. The van der Waals surface area contributed by atoms with Crippen molar-refractivity contribution in [2.75, 3.05) is 7.11 Å². The van der Waals surface area contributed by atoms with Crippen LogP contribution in [0.2, 0.25) is 0 Å². The Bertz CT molecular complexity index is 342. The van der Waals surface area contributed by atoms with Gasteiger partial charge in [-0.15, -0.1) is 0 Å². The number of carbonyl (C=O) groups is 1. The topological polar surface area (TPSA) is 46.5 Å². The zero-order chi connectivity index (χ0) is 10.7. The van der Waals surface area contributed by atoms with Gasteiger partial charge in [-0.05, 0) is 12.1 Å². The number of esters is 1. The fraction of sp³-hybridized carbons (Fsp3) is 0.222. The van der Waals surface area contributed by atoms with Gasteiger partial charge in [-0.3, -0.25) is 4.79 Å². The molecule has 0 amide bonds. The lowest BCUT2D eigenvalue weighted by Gasteiger charge is -2.05. The lowest BCUT2D eigenvalue weighted by molar-refractivity contribution is -0.139. The third kappa shape index (κ3) is 2.45. The van der Waals surface area contributed by atoms with Crippen LogP contribution in [0.15, 0.2) is 16.6 Å². The van der Waals surface area contributed by atoms with E-state index in [-0.39, 0.29) is 17.7 Å². The summed E-state index contributed by atoms with van der Waals surface area (Å²) in [5.41, 5.74) is -0.0555. The first kappa shape index (κ1) is 11.0. The summed E-state index contributed by atoms with van der Waals surface area (Å²) in [6.45, 7) is 0. The van der Waals surface area contributed by atoms with Gasteiger partial charge in [0.05, 0.1) is 13.5 Å². The first-order valence-electron chi connectivity index (χ1n) is 3.78. The Morgan fingerprint density at radius 3 is 2.79 bits per heavy atom. The molecule has 0 spiro atoms. The molecule has 0 atom stereocenters. The van der Waals surface area contributed by atoms with E-state index in [9.17, 15) is 14.3 Å². The van der Waals surface area contributed by atoms with Crippen molar-refractivity contribution in [1.29, 1.82) is 0 Å². The Labute approximate surface area is 88.6 Å². The molecule has 0 aliphatic heterocycles. The molecular weight excluding hydrogens is 255 g/mol. The minimum Gasteiger partial charge on any atom is -0.508 e. The highest BCUT2D eigenvalue weighted by Crippen LogP contribution is 2.26. The Morgan fingerprint density at radius 2 is 2.29 bits per heavy atom. The van der Waals surface area contributed by atoms with Gasteiger partial charge in [0, 0.05) is 10.0 Å². The van der Waals surface area contributed by atoms with Crippen molar-refractivity contribution < 1.29 is 19.0 Å². The number of ether oxygens (including phenoxy) is 1. The Balaban J connectivity index is 3.02. The number of hydrogen-bond acceptors (Lipinski definition) is 3. The summed E-state index contributed by atoms with van der Waals surface area (Å²) in [6, 6.07) is 2.50. The fourth-order valence-corrected chi connectivity index (χ4v) is 1.40. The van der Waals surface area contributed by atoms with Gasteiger partial charge in [0.2, 0.25) is 0 Å². The molecule has 1 aromatic carbocycles. The molecule has 0 aromatic heterocycles. The predicted octanol–water partition coefficient (Wildman–Crippen LogP) is 2.01. The van der Waals surface area contributed by atoms with E-state index in [1.54, 1.807) is 0 Å². The highest BCUT2D eigenvalue weighted by atomic mass is 79.9. The van der Waals surface area contributed by atoms with Crippen LogP contribution in [0.4, 0.5) is 4.39 Å². The molecular formula is C9H8BrFO3. The maximum atomic E-state index is 13.2. The van der Waals surface area contributed by atoms with E-state index >= 15 is 0 Å². The van der Waals surface area contributed by atoms with E-state index in [0.717, 1.165) is 0 Å². The maximum Gasteiger partial charge on any atom is 0.310 e. The van der Waals surface area contributed by atoms with Crippen molar-refractivity contribution in [3.8, 4) is 5.75 Å². The molecule has 0 fully saturated rings. The predicted molar refractivity (Wildman–Crippen MR) is 51.5 cm³/mol. The highest BCUT2D eigenvalue weighted by molar-refractivity contribution is 9.10. The van der Waals surface area contributed by atoms with Gasteiger partial charge < -0.3 is 9.84 Å². The molecule has 0 unspecified atom stereocenters. The third-order valence-electron chi connectivity index (χ3n) is 1.69. The van der Waals surface area contributed by atoms with Crippen LogP contribution in [-0.4, -0.2) is 18.2 Å². The number of phenols is 1. The highest BCUT2D eigenvalue weighted by Gasteiger charge is 2.13. The van der Waals surface area contributed by atoms with Gasteiger partial charge in [0.15, 0.2) is 0 Å². The molecule has 0 aliphatic carbocycles. The van der Waals surface area contributed by atoms with Crippen molar-refractivity contribution >= 4 is 21.9 Å². The van der Waals surface area contributed by atoms with Crippen LogP contribution in [0.25, 0.3) is 0 Å². The number of carbonyl (C=O) groups excluding carboxylic acids is 1. The van der Waals surface area contributed by atoms with Crippen molar-refractivity contribution in [2.24, 2.45) is 0 Å². The van der Waals surface area contributed by atoms with Gasteiger partial charge in [0.25, 0.3) is 0 Å². The minimum absolute atomic E-state index is 0.0555. The number of methoxy groups -OCH3 is 1. The first-order valence-corrected chi connectivity index (χ1v) is 4.57. The van der Waals surface area contributed by atoms with Crippen LogP contribution < -0.4 is 0 Å². The Hall–Kier alpha value is -1.10. The Kier molecular flexibility index (Phi) is 3.46. The Morgan fingerprint density at radius 1 is 1.64 bits per heavy atom. The van der Waals surface area contributed by atoms with Crippen molar-refractivity contribution in [3.63, 3.8) is 0 Å². The SMILES string of the molecule is COC(=O)Cc1c(O)cc(Br)cc1F. The molecule has 1 N–H and O–H groups in total. The zero-order valence-electron chi connectivity index (χ0n) is 7.38. The maximum absolute atomic E-state index is 13.2. The number of aromatic hydroxyl groups is 1. The zero-order valence-corrected chi connectivity index (χ0v) is 8.97. The summed E-state index contributed by atoms with van der Waals surface area (Å²) >= 11 is 3.01. The molecule has 0 aliphatic rings. The lowest BCUT2D eigenvalue weighted by Crippen LogP contribution is -2.06. The van der Waals surface area contributed by atoms with Crippen molar-refractivity contribution in [1.82, 2.24) is 0 Å². The van der Waals surface area contributed by atoms with Gasteiger partial charge in [-0.25, -0.2) is 4.39 Å². The molecule has 0 radical (unpaired) electrons. The van der Waals surface area contributed by atoms with Crippen LogP contribution in [0, 0.1) is 5.82 Å². The van der Waals surface area contributed by atoms with E-state index in [1.165, 1.54) is 19.2 Å². The summed E-state index contributed by atoms with van der Waals surface area (Å²) in [5, 5.41) is 9.34. The van der Waals surface area contributed by atoms with E-state index < -0.39 is 11.8 Å².